The topological polar surface area (TPSA) is 55.1 Å². The Morgan fingerprint density at radius 1 is 1.33 bits per heavy atom. The third-order valence-corrected chi connectivity index (χ3v) is 4.41. The second kappa shape index (κ2) is 4.41. The molecule has 1 saturated carbocycles. The summed E-state index contributed by atoms with van der Waals surface area (Å²) in [6.45, 7) is 3.14. The highest BCUT2D eigenvalue weighted by atomic mass is 16.4. The maximum atomic E-state index is 11.3. The van der Waals surface area contributed by atoms with Crippen LogP contribution < -0.4 is 0 Å². The van der Waals surface area contributed by atoms with Gasteiger partial charge in [-0.15, -0.1) is 0 Å². The second-order valence-corrected chi connectivity index (χ2v) is 5.80. The summed E-state index contributed by atoms with van der Waals surface area (Å²) in [6.07, 6.45) is 6.86. The van der Waals surface area contributed by atoms with Gasteiger partial charge in [-0.25, -0.2) is 9.78 Å². The first-order chi connectivity index (χ1) is 8.66. The van der Waals surface area contributed by atoms with Crippen LogP contribution in [0.3, 0.4) is 0 Å². The first kappa shape index (κ1) is 11.8. The number of hydrogen-bond acceptors (Lipinski definition) is 2. The van der Waals surface area contributed by atoms with Crippen molar-refractivity contribution in [3.8, 4) is 0 Å². The van der Waals surface area contributed by atoms with Crippen LogP contribution >= 0.6 is 0 Å². The summed E-state index contributed by atoms with van der Waals surface area (Å²) in [6, 6.07) is 0. The van der Waals surface area contributed by atoms with E-state index in [1.54, 1.807) is 0 Å². The fraction of sp³-hybridized carbons (Fsp3) is 0.714. The minimum Gasteiger partial charge on any atom is -0.476 e. The van der Waals surface area contributed by atoms with Crippen molar-refractivity contribution in [2.24, 2.45) is 5.92 Å². The van der Waals surface area contributed by atoms with E-state index in [2.05, 4.69) is 16.5 Å². The van der Waals surface area contributed by atoms with E-state index in [0.29, 0.717) is 17.5 Å². The van der Waals surface area contributed by atoms with Gasteiger partial charge in [-0.3, -0.25) is 0 Å². The number of fused-ring (bicyclic) bond motifs is 1. The summed E-state index contributed by atoms with van der Waals surface area (Å²) in [4.78, 5) is 15.8. The molecule has 4 nitrogen and oxygen atoms in total. The molecule has 0 spiro atoms. The summed E-state index contributed by atoms with van der Waals surface area (Å²) in [7, 11) is 0. The third kappa shape index (κ3) is 1.84. The van der Waals surface area contributed by atoms with E-state index in [1.807, 2.05) is 0 Å². The number of nitrogens with zero attached hydrogens (tertiary/aromatic N) is 2. The van der Waals surface area contributed by atoms with Crippen LogP contribution in [0.4, 0.5) is 0 Å². The van der Waals surface area contributed by atoms with Gasteiger partial charge < -0.3 is 9.67 Å². The molecule has 18 heavy (non-hydrogen) atoms. The molecule has 0 radical (unpaired) electrons. The molecule has 1 aromatic rings. The highest BCUT2D eigenvalue weighted by Crippen LogP contribution is 2.36. The lowest BCUT2D eigenvalue weighted by Crippen LogP contribution is -2.20. The molecule has 98 valence electrons. The number of hydrogen-bond donors (Lipinski definition) is 1. The van der Waals surface area contributed by atoms with Crippen LogP contribution in [0.5, 0.6) is 0 Å². The van der Waals surface area contributed by atoms with Crippen molar-refractivity contribution >= 4 is 5.97 Å². The maximum Gasteiger partial charge on any atom is 0.356 e. The smallest absolute Gasteiger partial charge is 0.356 e. The fourth-order valence-corrected chi connectivity index (χ4v) is 3.41. The molecule has 0 aromatic carbocycles. The van der Waals surface area contributed by atoms with E-state index in [-0.39, 0.29) is 0 Å². The monoisotopic (exact) mass is 248 g/mol. The van der Waals surface area contributed by atoms with E-state index in [0.717, 1.165) is 30.9 Å². The first-order valence-electron chi connectivity index (χ1n) is 6.99. The Labute approximate surface area is 107 Å². The third-order valence-electron chi connectivity index (χ3n) is 4.41. The predicted molar refractivity (Wildman–Crippen MR) is 67.9 cm³/mol. The quantitative estimate of drug-likeness (QED) is 0.875. The average Bonchev–Trinajstić information content (AvgIpc) is 2.93. The summed E-state index contributed by atoms with van der Waals surface area (Å²) in [5, 5.41) is 9.31. The van der Waals surface area contributed by atoms with Crippen molar-refractivity contribution in [3.63, 3.8) is 0 Å². The van der Waals surface area contributed by atoms with Gasteiger partial charge in [0, 0.05) is 12.5 Å². The SMILES string of the molecule is CC1CCn2c(C3CCCC3)nc(C(=O)O)c2C1. The van der Waals surface area contributed by atoms with Crippen LogP contribution in [0.1, 0.15) is 67.0 Å². The Kier molecular flexibility index (Phi) is 2.88. The number of imidazole rings is 1. The van der Waals surface area contributed by atoms with Crippen LogP contribution in [0.15, 0.2) is 0 Å². The second-order valence-electron chi connectivity index (χ2n) is 5.80. The Morgan fingerprint density at radius 2 is 2.06 bits per heavy atom. The Bertz CT molecular complexity index is 472. The number of carbonyl (C=O) groups is 1. The molecule has 0 saturated heterocycles. The van der Waals surface area contributed by atoms with Gasteiger partial charge in [-0.2, -0.15) is 0 Å². The van der Waals surface area contributed by atoms with Crippen molar-refractivity contribution in [1.82, 2.24) is 9.55 Å². The number of aromatic nitrogens is 2. The Morgan fingerprint density at radius 3 is 2.72 bits per heavy atom. The number of aromatic carboxylic acids is 1. The van der Waals surface area contributed by atoms with Gasteiger partial charge in [0.05, 0.1) is 5.69 Å². The molecule has 1 unspecified atom stereocenters. The molecule has 0 amide bonds. The summed E-state index contributed by atoms with van der Waals surface area (Å²) in [5.74, 6) is 1.25. The van der Waals surface area contributed by atoms with Gasteiger partial charge in [0.25, 0.3) is 0 Å². The molecule has 1 aliphatic heterocycles. The zero-order chi connectivity index (χ0) is 12.7. The molecule has 1 atom stereocenters. The lowest BCUT2D eigenvalue weighted by molar-refractivity contribution is 0.0689. The van der Waals surface area contributed by atoms with E-state index >= 15 is 0 Å². The fourth-order valence-electron chi connectivity index (χ4n) is 3.41. The van der Waals surface area contributed by atoms with Gasteiger partial charge in [-0.05, 0) is 31.6 Å². The van der Waals surface area contributed by atoms with Crippen LogP contribution in [0.25, 0.3) is 0 Å². The molecule has 1 fully saturated rings. The minimum absolute atomic E-state index is 0.309. The van der Waals surface area contributed by atoms with Crippen molar-refractivity contribution < 1.29 is 9.90 Å². The summed E-state index contributed by atoms with van der Waals surface area (Å²) in [5.41, 5.74) is 1.27. The van der Waals surface area contributed by atoms with Gasteiger partial charge >= 0.3 is 5.97 Å². The first-order valence-corrected chi connectivity index (χ1v) is 6.99. The number of rotatable bonds is 2. The number of carboxylic acid groups (broad SMARTS) is 1. The summed E-state index contributed by atoms with van der Waals surface area (Å²) >= 11 is 0. The van der Waals surface area contributed by atoms with Crippen LogP contribution in [-0.2, 0) is 13.0 Å². The lowest BCUT2D eigenvalue weighted by Gasteiger charge is -2.23. The number of carboxylic acids is 1. The van der Waals surface area contributed by atoms with E-state index in [9.17, 15) is 9.90 Å². The van der Waals surface area contributed by atoms with Crippen LogP contribution in [-0.4, -0.2) is 20.6 Å². The minimum atomic E-state index is -0.864. The van der Waals surface area contributed by atoms with E-state index < -0.39 is 5.97 Å². The molecule has 2 heterocycles. The largest absolute Gasteiger partial charge is 0.476 e. The average molecular weight is 248 g/mol. The highest BCUT2D eigenvalue weighted by molar-refractivity contribution is 5.87. The molecule has 2 aliphatic rings. The van der Waals surface area contributed by atoms with Crippen LogP contribution in [0.2, 0.25) is 0 Å². The molecule has 1 aliphatic carbocycles. The van der Waals surface area contributed by atoms with Crippen molar-refractivity contribution in [3.05, 3.63) is 17.2 Å². The zero-order valence-corrected chi connectivity index (χ0v) is 10.9. The molecule has 1 N–H and O–H groups in total. The van der Waals surface area contributed by atoms with Crippen molar-refractivity contribution in [2.75, 3.05) is 0 Å². The maximum absolute atomic E-state index is 11.3. The predicted octanol–water partition coefficient (Wildman–Crippen LogP) is 2.82. The zero-order valence-electron chi connectivity index (χ0n) is 10.9. The van der Waals surface area contributed by atoms with E-state index in [1.165, 1.54) is 25.7 Å². The summed E-state index contributed by atoms with van der Waals surface area (Å²) < 4.78 is 2.21. The molecular formula is C14H20N2O2. The van der Waals surface area contributed by atoms with Gasteiger partial charge in [0.1, 0.15) is 5.82 Å². The van der Waals surface area contributed by atoms with Crippen molar-refractivity contribution in [1.29, 1.82) is 0 Å². The van der Waals surface area contributed by atoms with Gasteiger partial charge in [0.2, 0.25) is 0 Å². The van der Waals surface area contributed by atoms with E-state index in [4.69, 9.17) is 0 Å². The normalized spacial score (nSPS) is 24.2. The lowest BCUT2D eigenvalue weighted by atomic mass is 9.96. The Hall–Kier alpha value is -1.32. The van der Waals surface area contributed by atoms with Gasteiger partial charge in [-0.1, -0.05) is 19.8 Å². The molecule has 3 rings (SSSR count). The van der Waals surface area contributed by atoms with Crippen LogP contribution in [0, 0.1) is 5.92 Å². The Balaban J connectivity index is 2.04. The standard InChI is InChI=1S/C14H20N2O2/c1-9-6-7-16-11(8-9)12(14(17)18)15-13(16)10-4-2-3-5-10/h9-10H,2-8H2,1H3,(H,17,18). The highest BCUT2D eigenvalue weighted by Gasteiger charge is 2.30. The molecular weight excluding hydrogens is 228 g/mol. The molecule has 0 bridgehead atoms. The molecule has 4 heteroatoms. The molecule has 1 aromatic heterocycles. The van der Waals surface area contributed by atoms with Crippen molar-refractivity contribution in [2.45, 2.75) is 57.9 Å². The van der Waals surface area contributed by atoms with Gasteiger partial charge in [0.15, 0.2) is 5.69 Å².